The SMILES string of the molecule is COCCC(C)Oc1cc(C)cc(C)c1. The predicted molar refractivity (Wildman–Crippen MR) is 62.5 cm³/mol. The normalized spacial score (nSPS) is 12.5. The van der Waals surface area contributed by atoms with E-state index in [2.05, 4.69) is 39.0 Å². The fraction of sp³-hybridized carbons (Fsp3) is 0.538. The van der Waals surface area contributed by atoms with Crippen molar-refractivity contribution >= 4 is 0 Å². The molecule has 1 aromatic rings. The van der Waals surface area contributed by atoms with Gasteiger partial charge in [-0.15, -0.1) is 0 Å². The largest absolute Gasteiger partial charge is 0.491 e. The van der Waals surface area contributed by atoms with E-state index >= 15 is 0 Å². The van der Waals surface area contributed by atoms with Crippen LogP contribution in [-0.4, -0.2) is 19.8 Å². The Morgan fingerprint density at radius 1 is 1.13 bits per heavy atom. The quantitative estimate of drug-likeness (QED) is 0.740. The van der Waals surface area contributed by atoms with Crippen molar-refractivity contribution in [3.8, 4) is 5.75 Å². The molecule has 0 saturated heterocycles. The van der Waals surface area contributed by atoms with Gasteiger partial charge in [-0.2, -0.15) is 0 Å². The highest BCUT2D eigenvalue weighted by molar-refractivity contribution is 5.33. The molecule has 0 aromatic heterocycles. The maximum absolute atomic E-state index is 5.80. The molecule has 1 aromatic carbocycles. The molecule has 0 aliphatic rings. The number of benzene rings is 1. The van der Waals surface area contributed by atoms with Gasteiger partial charge >= 0.3 is 0 Å². The van der Waals surface area contributed by atoms with E-state index < -0.39 is 0 Å². The second-order valence-corrected chi connectivity index (χ2v) is 4.03. The fourth-order valence-electron chi connectivity index (χ4n) is 1.58. The van der Waals surface area contributed by atoms with Gasteiger partial charge in [0.15, 0.2) is 0 Å². The van der Waals surface area contributed by atoms with Gasteiger partial charge in [-0.1, -0.05) is 6.07 Å². The average Bonchev–Trinajstić information content (AvgIpc) is 2.13. The van der Waals surface area contributed by atoms with E-state index in [-0.39, 0.29) is 6.10 Å². The Kier molecular flexibility index (Phi) is 4.63. The molecular weight excluding hydrogens is 188 g/mol. The summed E-state index contributed by atoms with van der Waals surface area (Å²) in [6.45, 7) is 6.97. The van der Waals surface area contributed by atoms with Crippen LogP contribution in [0, 0.1) is 13.8 Å². The van der Waals surface area contributed by atoms with Crippen LogP contribution in [0.3, 0.4) is 0 Å². The molecule has 0 aliphatic carbocycles. The highest BCUT2D eigenvalue weighted by Gasteiger charge is 2.04. The number of methoxy groups -OCH3 is 1. The lowest BCUT2D eigenvalue weighted by Crippen LogP contribution is -2.14. The van der Waals surface area contributed by atoms with Crippen LogP contribution < -0.4 is 4.74 Å². The summed E-state index contributed by atoms with van der Waals surface area (Å²) in [7, 11) is 1.71. The summed E-state index contributed by atoms with van der Waals surface area (Å²) in [6.07, 6.45) is 1.12. The van der Waals surface area contributed by atoms with Gasteiger partial charge in [-0.25, -0.2) is 0 Å². The Balaban J connectivity index is 2.56. The zero-order chi connectivity index (χ0) is 11.3. The summed E-state index contributed by atoms with van der Waals surface area (Å²) in [5.41, 5.74) is 2.48. The van der Waals surface area contributed by atoms with Crippen molar-refractivity contribution in [2.45, 2.75) is 33.3 Å². The molecule has 0 heterocycles. The standard InChI is InChI=1S/C13H20O2/c1-10-7-11(2)9-13(8-10)15-12(3)5-6-14-4/h7-9,12H,5-6H2,1-4H3. The van der Waals surface area contributed by atoms with E-state index in [1.165, 1.54) is 11.1 Å². The minimum absolute atomic E-state index is 0.200. The van der Waals surface area contributed by atoms with Crippen LogP contribution in [0.25, 0.3) is 0 Å². The number of hydrogen-bond acceptors (Lipinski definition) is 2. The van der Waals surface area contributed by atoms with Gasteiger partial charge in [-0.3, -0.25) is 0 Å². The van der Waals surface area contributed by atoms with E-state index in [1.807, 2.05) is 0 Å². The van der Waals surface area contributed by atoms with Crippen LogP contribution in [-0.2, 0) is 4.74 Å². The maximum atomic E-state index is 5.80. The molecule has 0 bridgehead atoms. The lowest BCUT2D eigenvalue weighted by Gasteiger charge is -2.15. The van der Waals surface area contributed by atoms with Gasteiger partial charge in [0.2, 0.25) is 0 Å². The minimum atomic E-state index is 0.200. The molecule has 0 saturated carbocycles. The summed E-state index contributed by atoms with van der Waals surface area (Å²) in [5.74, 6) is 0.955. The number of ether oxygens (including phenoxy) is 2. The van der Waals surface area contributed by atoms with Crippen LogP contribution in [0.1, 0.15) is 24.5 Å². The zero-order valence-corrected chi connectivity index (χ0v) is 10.0. The van der Waals surface area contributed by atoms with E-state index in [1.54, 1.807) is 7.11 Å². The third-order valence-corrected chi connectivity index (χ3v) is 2.26. The lowest BCUT2D eigenvalue weighted by molar-refractivity contribution is 0.135. The Hall–Kier alpha value is -1.02. The average molecular weight is 208 g/mol. The number of hydrogen-bond donors (Lipinski definition) is 0. The molecule has 0 spiro atoms. The third kappa shape index (κ3) is 4.34. The van der Waals surface area contributed by atoms with Crippen LogP contribution in [0.5, 0.6) is 5.75 Å². The van der Waals surface area contributed by atoms with Gasteiger partial charge in [0.05, 0.1) is 6.10 Å². The predicted octanol–water partition coefficient (Wildman–Crippen LogP) is 3.11. The molecular formula is C13H20O2. The zero-order valence-electron chi connectivity index (χ0n) is 10.0. The molecule has 0 fully saturated rings. The minimum Gasteiger partial charge on any atom is -0.491 e. The van der Waals surface area contributed by atoms with Gasteiger partial charge in [0.1, 0.15) is 5.75 Å². The van der Waals surface area contributed by atoms with Crippen molar-refractivity contribution in [2.24, 2.45) is 0 Å². The molecule has 1 atom stereocenters. The highest BCUT2D eigenvalue weighted by atomic mass is 16.5. The smallest absolute Gasteiger partial charge is 0.120 e. The van der Waals surface area contributed by atoms with Gasteiger partial charge < -0.3 is 9.47 Å². The van der Waals surface area contributed by atoms with Crippen molar-refractivity contribution in [3.63, 3.8) is 0 Å². The van der Waals surface area contributed by atoms with Gasteiger partial charge in [0, 0.05) is 20.1 Å². The first-order valence-corrected chi connectivity index (χ1v) is 5.35. The molecule has 0 amide bonds. The summed E-state index contributed by atoms with van der Waals surface area (Å²) in [4.78, 5) is 0. The molecule has 1 unspecified atom stereocenters. The van der Waals surface area contributed by atoms with Crippen molar-refractivity contribution in [1.82, 2.24) is 0 Å². The molecule has 2 nitrogen and oxygen atoms in total. The number of rotatable bonds is 5. The highest BCUT2D eigenvalue weighted by Crippen LogP contribution is 2.18. The van der Waals surface area contributed by atoms with Crippen molar-refractivity contribution < 1.29 is 9.47 Å². The molecule has 15 heavy (non-hydrogen) atoms. The Morgan fingerprint density at radius 3 is 2.27 bits per heavy atom. The first kappa shape index (κ1) is 12.1. The molecule has 0 aliphatic heterocycles. The van der Waals surface area contributed by atoms with E-state index in [4.69, 9.17) is 9.47 Å². The topological polar surface area (TPSA) is 18.5 Å². The lowest BCUT2D eigenvalue weighted by atomic mass is 10.1. The van der Waals surface area contributed by atoms with Gasteiger partial charge in [-0.05, 0) is 44.0 Å². The molecule has 1 rings (SSSR count). The van der Waals surface area contributed by atoms with Crippen LogP contribution in [0.2, 0.25) is 0 Å². The second-order valence-electron chi connectivity index (χ2n) is 4.03. The summed E-state index contributed by atoms with van der Waals surface area (Å²) in [6, 6.07) is 6.28. The third-order valence-electron chi connectivity index (χ3n) is 2.26. The van der Waals surface area contributed by atoms with Crippen LogP contribution >= 0.6 is 0 Å². The first-order valence-electron chi connectivity index (χ1n) is 5.35. The Morgan fingerprint density at radius 2 is 1.73 bits per heavy atom. The summed E-state index contributed by atoms with van der Waals surface area (Å²) >= 11 is 0. The molecule has 84 valence electrons. The second kappa shape index (κ2) is 5.76. The van der Waals surface area contributed by atoms with E-state index in [0.717, 1.165) is 18.8 Å². The van der Waals surface area contributed by atoms with Gasteiger partial charge in [0.25, 0.3) is 0 Å². The fourth-order valence-corrected chi connectivity index (χ4v) is 1.58. The first-order chi connectivity index (χ1) is 7.11. The van der Waals surface area contributed by atoms with Crippen molar-refractivity contribution in [2.75, 3.05) is 13.7 Å². The summed E-state index contributed by atoms with van der Waals surface area (Å²) < 4.78 is 10.8. The molecule has 2 heteroatoms. The number of aryl methyl sites for hydroxylation is 2. The Labute approximate surface area is 92.2 Å². The van der Waals surface area contributed by atoms with Crippen LogP contribution in [0.4, 0.5) is 0 Å². The monoisotopic (exact) mass is 208 g/mol. The maximum Gasteiger partial charge on any atom is 0.120 e. The Bertz CT molecular complexity index is 287. The summed E-state index contributed by atoms with van der Waals surface area (Å²) in [5, 5.41) is 0. The van der Waals surface area contributed by atoms with Crippen LogP contribution in [0.15, 0.2) is 18.2 Å². The van der Waals surface area contributed by atoms with Crippen molar-refractivity contribution in [3.05, 3.63) is 29.3 Å². The van der Waals surface area contributed by atoms with E-state index in [9.17, 15) is 0 Å². The molecule has 0 radical (unpaired) electrons. The van der Waals surface area contributed by atoms with Crippen molar-refractivity contribution in [1.29, 1.82) is 0 Å². The molecule has 0 N–H and O–H groups in total. The van der Waals surface area contributed by atoms with E-state index in [0.29, 0.717) is 0 Å².